The molecular weight excluding hydrogens is 204 g/mol. The maximum atomic E-state index is 2.50. The third-order valence-electron chi connectivity index (χ3n) is 4.84. The Morgan fingerprint density at radius 3 is 2.12 bits per heavy atom. The second-order valence-corrected chi connectivity index (χ2v) is 6.30. The molecule has 0 saturated heterocycles. The molecule has 0 spiro atoms. The van der Waals surface area contributed by atoms with E-state index in [4.69, 9.17) is 0 Å². The summed E-state index contributed by atoms with van der Waals surface area (Å²) in [4.78, 5) is 0. The maximum Gasteiger partial charge on any atom is -0.0199 e. The van der Waals surface area contributed by atoms with Crippen LogP contribution in [0.4, 0.5) is 0 Å². The lowest BCUT2D eigenvalue weighted by molar-refractivity contribution is 0.393. The Balaban J connectivity index is 1.41. The zero-order chi connectivity index (χ0) is 11.9. The summed E-state index contributed by atoms with van der Waals surface area (Å²) >= 11 is 0. The third kappa shape index (κ3) is 4.16. The minimum Gasteiger partial charge on any atom is -0.0851 e. The van der Waals surface area contributed by atoms with Gasteiger partial charge in [0.15, 0.2) is 0 Å². The molecule has 1 fully saturated rings. The van der Waals surface area contributed by atoms with Gasteiger partial charge < -0.3 is 0 Å². The molecule has 1 saturated carbocycles. The van der Waals surface area contributed by atoms with E-state index in [9.17, 15) is 0 Å². The lowest BCUT2D eigenvalue weighted by atomic mass is 9.88. The zero-order valence-electron chi connectivity index (χ0n) is 11.7. The minimum atomic E-state index is 0.971. The van der Waals surface area contributed by atoms with Crippen LogP contribution in [0.3, 0.4) is 0 Å². The molecule has 0 heterocycles. The van der Waals surface area contributed by atoms with E-state index in [1.165, 1.54) is 70.6 Å². The second-order valence-electron chi connectivity index (χ2n) is 6.30. The molecule has 17 heavy (non-hydrogen) atoms. The van der Waals surface area contributed by atoms with Crippen molar-refractivity contribution in [1.82, 2.24) is 0 Å². The first-order valence-electron chi connectivity index (χ1n) is 8.08. The summed E-state index contributed by atoms with van der Waals surface area (Å²) in [5, 5.41) is 0. The van der Waals surface area contributed by atoms with Crippen molar-refractivity contribution in [2.75, 3.05) is 0 Å². The van der Waals surface area contributed by atoms with E-state index in [-0.39, 0.29) is 0 Å². The standard InChI is InChI=1S/C17H30/c1-2-3-4-5-6-7-8-9-10-16-13-15-11-12-17(16)14-15/h11-12,15-17H,2-10,13-14H2,1H3/t15-,16?,17-/m1/s1. The molecule has 2 rings (SSSR count). The van der Waals surface area contributed by atoms with E-state index < -0.39 is 0 Å². The SMILES string of the molecule is CCCCCCCCCCC1C[C@H]2C=C[C@@H]1C2. The van der Waals surface area contributed by atoms with Crippen LogP contribution in [0.5, 0.6) is 0 Å². The van der Waals surface area contributed by atoms with Gasteiger partial charge in [-0.25, -0.2) is 0 Å². The Labute approximate surface area is 108 Å². The summed E-state index contributed by atoms with van der Waals surface area (Å²) in [6, 6.07) is 0. The van der Waals surface area contributed by atoms with Crippen molar-refractivity contribution in [1.29, 1.82) is 0 Å². The first-order chi connectivity index (χ1) is 8.40. The molecule has 0 heteroatoms. The number of rotatable bonds is 9. The highest BCUT2D eigenvalue weighted by atomic mass is 14.4. The number of hydrogen-bond acceptors (Lipinski definition) is 0. The van der Waals surface area contributed by atoms with Gasteiger partial charge in [-0.15, -0.1) is 0 Å². The van der Waals surface area contributed by atoms with Gasteiger partial charge in [0, 0.05) is 0 Å². The molecule has 0 aromatic heterocycles. The molecular formula is C17H30. The second kappa shape index (κ2) is 7.24. The Hall–Kier alpha value is -0.260. The molecule has 3 atom stereocenters. The van der Waals surface area contributed by atoms with E-state index in [1.807, 2.05) is 0 Å². The fourth-order valence-electron chi connectivity index (χ4n) is 3.77. The van der Waals surface area contributed by atoms with Crippen molar-refractivity contribution in [2.24, 2.45) is 17.8 Å². The van der Waals surface area contributed by atoms with Crippen LogP contribution in [0.25, 0.3) is 0 Å². The summed E-state index contributed by atoms with van der Waals surface area (Å²) < 4.78 is 0. The average Bonchev–Trinajstić information content (AvgIpc) is 2.94. The van der Waals surface area contributed by atoms with Crippen LogP contribution in [0.15, 0.2) is 12.2 Å². The van der Waals surface area contributed by atoms with Crippen molar-refractivity contribution in [3.8, 4) is 0 Å². The highest BCUT2D eigenvalue weighted by molar-refractivity contribution is 5.09. The van der Waals surface area contributed by atoms with Crippen LogP contribution in [-0.2, 0) is 0 Å². The van der Waals surface area contributed by atoms with E-state index in [0.717, 1.165) is 17.8 Å². The van der Waals surface area contributed by atoms with Crippen LogP contribution in [0.1, 0.15) is 77.6 Å². The average molecular weight is 234 g/mol. The lowest BCUT2D eigenvalue weighted by Gasteiger charge is -2.17. The highest BCUT2D eigenvalue weighted by Gasteiger charge is 2.34. The van der Waals surface area contributed by atoms with Gasteiger partial charge in [-0.2, -0.15) is 0 Å². The third-order valence-corrected chi connectivity index (χ3v) is 4.84. The fraction of sp³-hybridized carbons (Fsp3) is 0.882. The largest absolute Gasteiger partial charge is 0.0851 e. The zero-order valence-corrected chi connectivity index (χ0v) is 11.7. The van der Waals surface area contributed by atoms with E-state index in [1.54, 1.807) is 0 Å². The Bertz CT molecular complexity index is 228. The maximum absolute atomic E-state index is 2.50. The van der Waals surface area contributed by atoms with Crippen LogP contribution >= 0.6 is 0 Å². The monoisotopic (exact) mass is 234 g/mol. The molecule has 0 aromatic carbocycles. The van der Waals surface area contributed by atoms with Crippen molar-refractivity contribution >= 4 is 0 Å². The van der Waals surface area contributed by atoms with Crippen LogP contribution < -0.4 is 0 Å². The Kier molecular flexibility index (Phi) is 5.61. The molecule has 0 amide bonds. The lowest BCUT2D eigenvalue weighted by Crippen LogP contribution is -2.06. The van der Waals surface area contributed by atoms with Gasteiger partial charge in [-0.3, -0.25) is 0 Å². The van der Waals surface area contributed by atoms with Gasteiger partial charge in [0.05, 0.1) is 0 Å². The molecule has 0 aliphatic heterocycles. The number of unbranched alkanes of at least 4 members (excludes halogenated alkanes) is 7. The fourth-order valence-corrected chi connectivity index (χ4v) is 3.77. The first kappa shape index (κ1) is 13.2. The Morgan fingerprint density at radius 1 is 0.824 bits per heavy atom. The number of allylic oxidation sites excluding steroid dienone is 2. The smallest absolute Gasteiger partial charge is 0.0199 e. The summed E-state index contributed by atoms with van der Waals surface area (Å²) in [6.07, 6.45) is 21.2. The minimum absolute atomic E-state index is 0.971. The molecule has 0 aromatic rings. The highest BCUT2D eigenvalue weighted by Crippen LogP contribution is 2.45. The van der Waals surface area contributed by atoms with Gasteiger partial charge in [0.25, 0.3) is 0 Å². The van der Waals surface area contributed by atoms with Gasteiger partial charge in [-0.05, 0) is 37.0 Å². The predicted octanol–water partition coefficient (Wildman–Crippen LogP) is 5.73. The quantitative estimate of drug-likeness (QED) is 0.353. The topological polar surface area (TPSA) is 0 Å². The predicted molar refractivity (Wildman–Crippen MR) is 76.1 cm³/mol. The van der Waals surface area contributed by atoms with Crippen molar-refractivity contribution < 1.29 is 0 Å². The van der Waals surface area contributed by atoms with Gasteiger partial charge in [0.1, 0.15) is 0 Å². The van der Waals surface area contributed by atoms with E-state index in [0.29, 0.717) is 0 Å². The van der Waals surface area contributed by atoms with Crippen LogP contribution in [0.2, 0.25) is 0 Å². The van der Waals surface area contributed by atoms with E-state index in [2.05, 4.69) is 19.1 Å². The van der Waals surface area contributed by atoms with Crippen molar-refractivity contribution in [2.45, 2.75) is 77.6 Å². The molecule has 98 valence electrons. The number of hydrogen-bond donors (Lipinski definition) is 0. The summed E-state index contributed by atoms with van der Waals surface area (Å²) in [5.41, 5.74) is 0. The van der Waals surface area contributed by atoms with Gasteiger partial charge in [0.2, 0.25) is 0 Å². The molecule has 2 bridgehead atoms. The number of fused-ring (bicyclic) bond motifs is 2. The van der Waals surface area contributed by atoms with Crippen molar-refractivity contribution in [3.05, 3.63) is 12.2 Å². The summed E-state index contributed by atoms with van der Waals surface area (Å²) in [7, 11) is 0. The summed E-state index contributed by atoms with van der Waals surface area (Å²) in [6.45, 7) is 2.30. The molecule has 0 radical (unpaired) electrons. The van der Waals surface area contributed by atoms with Gasteiger partial charge in [-0.1, -0.05) is 70.4 Å². The summed E-state index contributed by atoms with van der Waals surface area (Å²) in [5.74, 6) is 3.01. The van der Waals surface area contributed by atoms with Crippen LogP contribution in [0, 0.1) is 17.8 Å². The normalized spacial score (nSPS) is 30.3. The Morgan fingerprint density at radius 2 is 1.53 bits per heavy atom. The van der Waals surface area contributed by atoms with E-state index >= 15 is 0 Å². The molecule has 1 unspecified atom stereocenters. The molecule has 0 N–H and O–H groups in total. The van der Waals surface area contributed by atoms with Crippen molar-refractivity contribution in [3.63, 3.8) is 0 Å². The molecule has 2 aliphatic rings. The van der Waals surface area contributed by atoms with Crippen LogP contribution in [-0.4, -0.2) is 0 Å². The molecule has 2 aliphatic carbocycles. The van der Waals surface area contributed by atoms with Gasteiger partial charge >= 0.3 is 0 Å². The first-order valence-corrected chi connectivity index (χ1v) is 8.08. The molecule has 0 nitrogen and oxygen atoms in total.